The van der Waals surface area contributed by atoms with E-state index in [0.717, 1.165) is 55.7 Å². The highest BCUT2D eigenvalue weighted by atomic mass is 16.1. The fourth-order valence-electron chi connectivity index (χ4n) is 6.31. The molecule has 0 saturated heterocycles. The lowest BCUT2D eigenvalue weighted by atomic mass is 9.82. The van der Waals surface area contributed by atoms with E-state index in [1.807, 2.05) is 97.1 Å². The Morgan fingerprint density at radius 1 is 0.452 bits per heavy atom. The van der Waals surface area contributed by atoms with Gasteiger partial charge >= 0.3 is 0 Å². The number of ketones is 1. The average Bonchev–Trinajstić information content (AvgIpc) is 3.06. The van der Waals surface area contributed by atoms with Crippen LogP contribution < -0.4 is 5.43 Å². The number of carbonyl (C=O) groups excluding carboxylic acids is 1. The van der Waals surface area contributed by atoms with Gasteiger partial charge in [0, 0.05) is 27.6 Å². The zero-order valence-corrected chi connectivity index (χ0v) is 22.7. The second-order valence-electron chi connectivity index (χ2n) is 10.9. The summed E-state index contributed by atoms with van der Waals surface area (Å²) in [7, 11) is 0. The van der Waals surface area contributed by atoms with Crippen molar-refractivity contribution in [2.24, 2.45) is 0 Å². The van der Waals surface area contributed by atoms with Crippen molar-refractivity contribution in [3.8, 4) is 27.9 Å². The standard InChI is InChI=1S/C39H25NO2/c41-38-32-21-27(25-10-4-1-5-11-25)16-17-29(32)20-30-23-35-37(24-33(30)38)40(31-14-8-3-9-15-31)36-19-18-28(22-34(36)39(35)42)26-12-6-2-7-13-26/h1-19,21-24H,20H2. The molecule has 0 spiro atoms. The number of hydrogen-bond acceptors (Lipinski definition) is 2. The van der Waals surface area contributed by atoms with E-state index in [4.69, 9.17) is 0 Å². The van der Waals surface area contributed by atoms with Crippen molar-refractivity contribution in [3.05, 3.63) is 172 Å². The van der Waals surface area contributed by atoms with Gasteiger partial charge in [-0.25, -0.2) is 0 Å². The Labute approximate surface area is 242 Å². The van der Waals surface area contributed by atoms with E-state index in [0.29, 0.717) is 22.8 Å². The number of rotatable bonds is 3. The van der Waals surface area contributed by atoms with E-state index in [2.05, 4.69) is 47.0 Å². The summed E-state index contributed by atoms with van der Waals surface area (Å²) in [6.45, 7) is 0. The highest BCUT2D eigenvalue weighted by Gasteiger charge is 2.26. The normalized spacial score (nSPS) is 12.3. The lowest BCUT2D eigenvalue weighted by Gasteiger charge is -2.22. The molecule has 0 N–H and O–H groups in total. The molecule has 1 aliphatic carbocycles. The van der Waals surface area contributed by atoms with Crippen LogP contribution in [-0.4, -0.2) is 10.4 Å². The van der Waals surface area contributed by atoms with Crippen LogP contribution in [0, 0.1) is 0 Å². The Morgan fingerprint density at radius 2 is 1.02 bits per heavy atom. The minimum absolute atomic E-state index is 0.00230. The molecule has 0 bridgehead atoms. The van der Waals surface area contributed by atoms with E-state index in [1.54, 1.807) is 0 Å². The summed E-state index contributed by atoms with van der Waals surface area (Å²) in [5, 5.41) is 1.27. The van der Waals surface area contributed by atoms with Crippen LogP contribution in [-0.2, 0) is 6.42 Å². The Kier molecular flexibility index (Phi) is 5.51. The van der Waals surface area contributed by atoms with E-state index in [9.17, 15) is 9.59 Å². The van der Waals surface area contributed by atoms with Crippen LogP contribution in [0.5, 0.6) is 0 Å². The molecular weight excluding hydrogens is 514 g/mol. The predicted molar refractivity (Wildman–Crippen MR) is 171 cm³/mol. The molecular formula is C39H25NO2. The Hall–Kier alpha value is -5.54. The minimum Gasteiger partial charge on any atom is -0.309 e. The Morgan fingerprint density at radius 3 is 1.71 bits per heavy atom. The van der Waals surface area contributed by atoms with Crippen LogP contribution in [0.3, 0.4) is 0 Å². The molecule has 1 heterocycles. The fourth-order valence-corrected chi connectivity index (χ4v) is 6.31. The lowest BCUT2D eigenvalue weighted by molar-refractivity contribution is 0.103. The van der Waals surface area contributed by atoms with Gasteiger partial charge in [-0.1, -0.05) is 97.1 Å². The van der Waals surface area contributed by atoms with Gasteiger partial charge in [-0.2, -0.15) is 0 Å². The zero-order chi connectivity index (χ0) is 28.2. The van der Waals surface area contributed by atoms with Crippen molar-refractivity contribution in [3.63, 3.8) is 0 Å². The third kappa shape index (κ3) is 3.82. The summed E-state index contributed by atoms with van der Waals surface area (Å²) in [5.41, 5.74) is 9.89. The number of nitrogens with zero attached hydrogens (tertiary/aromatic N) is 1. The van der Waals surface area contributed by atoms with Gasteiger partial charge in [0.1, 0.15) is 0 Å². The van der Waals surface area contributed by atoms with E-state index in [-0.39, 0.29) is 11.2 Å². The monoisotopic (exact) mass is 539 g/mol. The molecule has 0 amide bonds. The number of para-hydroxylation sites is 1. The van der Waals surface area contributed by atoms with E-state index >= 15 is 0 Å². The molecule has 0 atom stereocenters. The number of fused-ring (bicyclic) bond motifs is 4. The highest BCUT2D eigenvalue weighted by Crippen LogP contribution is 2.35. The maximum Gasteiger partial charge on any atom is 0.197 e. The number of pyridine rings is 1. The van der Waals surface area contributed by atoms with Gasteiger partial charge in [0.15, 0.2) is 11.2 Å². The molecule has 198 valence electrons. The SMILES string of the molecule is O=C1c2cc(-c3ccccc3)ccc2Cc2cc3c(=O)c4cc(-c5ccccc5)ccc4n(-c4ccccc4)c3cc21. The Bertz CT molecular complexity index is 2230. The molecule has 7 aromatic rings. The van der Waals surface area contributed by atoms with E-state index < -0.39 is 0 Å². The van der Waals surface area contributed by atoms with Crippen LogP contribution in [0.15, 0.2) is 144 Å². The van der Waals surface area contributed by atoms with Gasteiger partial charge in [-0.15, -0.1) is 0 Å². The quantitative estimate of drug-likeness (QED) is 0.211. The molecule has 8 rings (SSSR count). The second kappa shape index (κ2) is 9.53. The first-order valence-electron chi connectivity index (χ1n) is 14.1. The van der Waals surface area contributed by atoms with Crippen molar-refractivity contribution in [1.82, 2.24) is 4.57 Å². The summed E-state index contributed by atoms with van der Waals surface area (Å²) in [6, 6.07) is 46.4. The van der Waals surface area contributed by atoms with Crippen molar-refractivity contribution in [2.75, 3.05) is 0 Å². The zero-order valence-electron chi connectivity index (χ0n) is 22.7. The van der Waals surface area contributed by atoms with Crippen LogP contribution in [0.2, 0.25) is 0 Å². The molecule has 3 heteroatoms. The van der Waals surface area contributed by atoms with Gasteiger partial charge in [0.2, 0.25) is 0 Å². The van der Waals surface area contributed by atoms with Crippen LogP contribution in [0.4, 0.5) is 0 Å². The first-order chi connectivity index (χ1) is 20.7. The largest absolute Gasteiger partial charge is 0.309 e. The second-order valence-corrected chi connectivity index (χ2v) is 10.9. The molecule has 3 nitrogen and oxygen atoms in total. The molecule has 0 radical (unpaired) electrons. The van der Waals surface area contributed by atoms with Gasteiger partial charge in [0.25, 0.3) is 0 Å². The summed E-state index contributed by atoms with van der Waals surface area (Å²) >= 11 is 0. The molecule has 0 saturated carbocycles. The topological polar surface area (TPSA) is 39.1 Å². The third-order valence-electron chi connectivity index (χ3n) is 8.40. The van der Waals surface area contributed by atoms with E-state index in [1.165, 1.54) is 0 Å². The lowest BCUT2D eigenvalue weighted by Crippen LogP contribution is -2.18. The average molecular weight is 540 g/mol. The molecule has 0 aliphatic heterocycles. The van der Waals surface area contributed by atoms with Crippen molar-refractivity contribution in [1.29, 1.82) is 0 Å². The molecule has 1 aromatic heterocycles. The molecule has 0 unspecified atom stereocenters. The summed E-state index contributed by atoms with van der Waals surface area (Å²) in [6.07, 6.45) is 0.605. The van der Waals surface area contributed by atoms with Crippen LogP contribution in [0.1, 0.15) is 27.0 Å². The molecule has 6 aromatic carbocycles. The number of carbonyl (C=O) groups is 1. The van der Waals surface area contributed by atoms with Crippen molar-refractivity contribution in [2.45, 2.75) is 6.42 Å². The highest BCUT2D eigenvalue weighted by molar-refractivity contribution is 6.15. The smallest absolute Gasteiger partial charge is 0.197 e. The van der Waals surface area contributed by atoms with Gasteiger partial charge in [0.05, 0.1) is 11.0 Å². The Balaban J connectivity index is 1.38. The van der Waals surface area contributed by atoms with Gasteiger partial charge < -0.3 is 4.57 Å². The number of benzene rings is 6. The van der Waals surface area contributed by atoms with Gasteiger partial charge in [-0.05, 0) is 82.3 Å². The summed E-state index contributed by atoms with van der Waals surface area (Å²) in [5.74, 6) is -0.00230. The number of hydrogen-bond donors (Lipinski definition) is 0. The first kappa shape index (κ1) is 24.3. The van der Waals surface area contributed by atoms with Crippen molar-refractivity contribution >= 4 is 27.6 Å². The predicted octanol–water partition coefficient (Wildman–Crippen LogP) is 8.61. The van der Waals surface area contributed by atoms with Crippen LogP contribution >= 0.6 is 0 Å². The van der Waals surface area contributed by atoms with Crippen molar-refractivity contribution < 1.29 is 4.79 Å². The maximum atomic E-state index is 14.2. The van der Waals surface area contributed by atoms with Crippen LogP contribution in [0.25, 0.3) is 49.7 Å². The van der Waals surface area contributed by atoms with Gasteiger partial charge in [-0.3, -0.25) is 9.59 Å². The number of aromatic nitrogens is 1. The summed E-state index contributed by atoms with van der Waals surface area (Å²) in [4.78, 5) is 28.2. The maximum absolute atomic E-state index is 14.2. The third-order valence-corrected chi connectivity index (χ3v) is 8.40. The first-order valence-corrected chi connectivity index (χ1v) is 14.1. The summed E-state index contributed by atoms with van der Waals surface area (Å²) < 4.78 is 2.12. The molecule has 1 aliphatic rings. The fraction of sp³-hybridized carbons (Fsp3) is 0.0256. The molecule has 0 fully saturated rings. The minimum atomic E-state index is -0.0227. The molecule has 42 heavy (non-hydrogen) atoms.